The standard InChI is InChI=1S/C14H24N2O/c1-2-3-4-5-6-7-8-11-14(17)15-16-12-9-10-13-16/h6-8,11H,2-5,9-10,12-13H2,1H3,(H,15,17)/b7-6+,11-8+. The monoisotopic (exact) mass is 236 g/mol. The van der Waals surface area contributed by atoms with Crippen LogP contribution < -0.4 is 5.43 Å². The number of hydrogen-bond donors (Lipinski definition) is 1. The Hall–Kier alpha value is -1.09. The van der Waals surface area contributed by atoms with Gasteiger partial charge in [0.1, 0.15) is 0 Å². The molecular weight excluding hydrogens is 212 g/mol. The number of hydrazine groups is 1. The number of carbonyl (C=O) groups is 1. The van der Waals surface area contributed by atoms with E-state index >= 15 is 0 Å². The summed E-state index contributed by atoms with van der Waals surface area (Å²) in [6, 6.07) is 0. The number of nitrogens with zero attached hydrogens (tertiary/aromatic N) is 1. The molecule has 1 aliphatic rings. The molecule has 1 aliphatic heterocycles. The normalized spacial score (nSPS) is 17.2. The highest BCUT2D eigenvalue weighted by molar-refractivity contribution is 5.87. The van der Waals surface area contributed by atoms with Crippen molar-refractivity contribution < 1.29 is 4.79 Å². The molecule has 0 radical (unpaired) electrons. The van der Waals surface area contributed by atoms with E-state index in [0.29, 0.717) is 0 Å². The first kappa shape index (κ1) is 14.0. The number of allylic oxidation sites excluding steroid dienone is 3. The second-order valence-electron chi connectivity index (χ2n) is 4.45. The van der Waals surface area contributed by atoms with Crippen molar-refractivity contribution in [1.82, 2.24) is 10.4 Å². The molecule has 0 aliphatic carbocycles. The number of rotatable bonds is 7. The average Bonchev–Trinajstić information content (AvgIpc) is 2.80. The summed E-state index contributed by atoms with van der Waals surface area (Å²) in [4.78, 5) is 11.5. The molecule has 1 rings (SSSR count). The summed E-state index contributed by atoms with van der Waals surface area (Å²) in [6.07, 6.45) is 14.7. The van der Waals surface area contributed by atoms with Crippen molar-refractivity contribution >= 4 is 5.91 Å². The molecule has 0 unspecified atom stereocenters. The Bertz CT molecular complexity index is 265. The third-order valence-corrected chi connectivity index (χ3v) is 2.84. The Kier molecular flexibility index (Phi) is 7.39. The average molecular weight is 236 g/mol. The molecule has 1 amide bonds. The summed E-state index contributed by atoms with van der Waals surface area (Å²) in [6.45, 7) is 4.16. The molecule has 0 aromatic carbocycles. The van der Waals surface area contributed by atoms with E-state index in [-0.39, 0.29) is 5.91 Å². The highest BCUT2D eigenvalue weighted by atomic mass is 16.2. The lowest BCUT2D eigenvalue weighted by molar-refractivity contribution is -0.120. The molecule has 0 spiro atoms. The summed E-state index contributed by atoms with van der Waals surface area (Å²) in [5.41, 5.74) is 2.86. The molecule has 17 heavy (non-hydrogen) atoms. The predicted molar refractivity (Wildman–Crippen MR) is 71.4 cm³/mol. The van der Waals surface area contributed by atoms with Crippen molar-refractivity contribution in [2.75, 3.05) is 13.1 Å². The molecule has 1 N–H and O–H groups in total. The van der Waals surface area contributed by atoms with Crippen LogP contribution in [0.25, 0.3) is 0 Å². The van der Waals surface area contributed by atoms with E-state index in [1.54, 1.807) is 6.08 Å². The van der Waals surface area contributed by atoms with Crippen LogP contribution in [-0.4, -0.2) is 24.0 Å². The van der Waals surface area contributed by atoms with Gasteiger partial charge in [-0.1, -0.05) is 38.0 Å². The molecule has 1 saturated heterocycles. The molecule has 0 bridgehead atoms. The quantitative estimate of drug-likeness (QED) is 0.419. The fourth-order valence-corrected chi connectivity index (χ4v) is 1.85. The van der Waals surface area contributed by atoms with E-state index in [9.17, 15) is 4.79 Å². The van der Waals surface area contributed by atoms with Crippen molar-refractivity contribution in [3.8, 4) is 0 Å². The first-order chi connectivity index (χ1) is 8.33. The van der Waals surface area contributed by atoms with Crippen molar-refractivity contribution in [3.63, 3.8) is 0 Å². The predicted octanol–water partition coefficient (Wildman–Crippen LogP) is 2.81. The Morgan fingerprint density at radius 3 is 2.71 bits per heavy atom. The maximum absolute atomic E-state index is 11.5. The smallest absolute Gasteiger partial charge is 0.258 e. The van der Waals surface area contributed by atoms with E-state index in [1.807, 2.05) is 17.2 Å². The van der Waals surface area contributed by atoms with Gasteiger partial charge in [0.25, 0.3) is 5.91 Å². The van der Waals surface area contributed by atoms with E-state index in [1.165, 1.54) is 32.1 Å². The zero-order valence-corrected chi connectivity index (χ0v) is 10.8. The number of nitrogens with one attached hydrogen (secondary N) is 1. The fraction of sp³-hybridized carbons (Fsp3) is 0.643. The van der Waals surface area contributed by atoms with Gasteiger partial charge in [0.05, 0.1) is 0 Å². The zero-order chi connectivity index (χ0) is 12.3. The minimum atomic E-state index is -0.0230. The van der Waals surface area contributed by atoms with Crippen LogP contribution >= 0.6 is 0 Å². The summed E-state index contributed by atoms with van der Waals surface area (Å²) in [7, 11) is 0. The molecule has 0 atom stereocenters. The third-order valence-electron chi connectivity index (χ3n) is 2.84. The molecule has 0 saturated carbocycles. The van der Waals surface area contributed by atoms with Crippen molar-refractivity contribution in [2.24, 2.45) is 0 Å². The lowest BCUT2D eigenvalue weighted by atomic mass is 10.2. The van der Waals surface area contributed by atoms with Crippen LogP contribution in [0.1, 0.15) is 45.4 Å². The second kappa shape index (κ2) is 8.99. The van der Waals surface area contributed by atoms with Gasteiger partial charge in [-0.05, 0) is 25.7 Å². The van der Waals surface area contributed by atoms with Gasteiger partial charge in [-0.3, -0.25) is 10.2 Å². The Labute approximate surface area is 105 Å². The maximum atomic E-state index is 11.5. The van der Waals surface area contributed by atoms with Crippen LogP contribution in [-0.2, 0) is 4.79 Å². The summed E-state index contributed by atoms with van der Waals surface area (Å²) in [5, 5.41) is 1.98. The van der Waals surface area contributed by atoms with Crippen LogP contribution in [0.3, 0.4) is 0 Å². The van der Waals surface area contributed by atoms with Gasteiger partial charge < -0.3 is 0 Å². The topological polar surface area (TPSA) is 32.3 Å². The summed E-state index contributed by atoms with van der Waals surface area (Å²) >= 11 is 0. The van der Waals surface area contributed by atoms with Gasteiger partial charge >= 0.3 is 0 Å². The van der Waals surface area contributed by atoms with Gasteiger partial charge in [-0.15, -0.1) is 0 Å². The van der Waals surface area contributed by atoms with E-state index in [4.69, 9.17) is 0 Å². The molecule has 0 aromatic rings. The Morgan fingerprint density at radius 2 is 2.00 bits per heavy atom. The number of carbonyl (C=O) groups excluding carboxylic acids is 1. The van der Waals surface area contributed by atoms with Crippen LogP contribution in [0.5, 0.6) is 0 Å². The van der Waals surface area contributed by atoms with Gasteiger partial charge in [-0.2, -0.15) is 0 Å². The third kappa shape index (κ3) is 6.95. The lowest BCUT2D eigenvalue weighted by Crippen LogP contribution is -2.38. The van der Waals surface area contributed by atoms with Crippen molar-refractivity contribution in [3.05, 3.63) is 24.3 Å². The Balaban J connectivity index is 2.08. The SMILES string of the molecule is CCCCC/C=C/C=C/C(=O)NN1CCCC1. The van der Waals surface area contributed by atoms with Crippen LogP contribution in [0, 0.1) is 0 Å². The van der Waals surface area contributed by atoms with Crippen LogP contribution in [0.2, 0.25) is 0 Å². The van der Waals surface area contributed by atoms with Crippen LogP contribution in [0.4, 0.5) is 0 Å². The van der Waals surface area contributed by atoms with Crippen molar-refractivity contribution in [2.45, 2.75) is 45.4 Å². The minimum absolute atomic E-state index is 0.0230. The van der Waals surface area contributed by atoms with E-state index < -0.39 is 0 Å². The Morgan fingerprint density at radius 1 is 1.24 bits per heavy atom. The molecular formula is C14H24N2O. The first-order valence-corrected chi connectivity index (χ1v) is 6.71. The maximum Gasteiger partial charge on any atom is 0.258 e. The molecule has 1 heterocycles. The molecule has 1 fully saturated rings. The van der Waals surface area contributed by atoms with E-state index in [0.717, 1.165) is 19.5 Å². The first-order valence-electron chi connectivity index (χ1n) is 6.71. The highest BCUT2D eigenvalue weighted by Gasteiger charge is 2.11. The number of hydrogen-bond acceptors (Lipinski definition) is 2. The van der Waals surface area contributed by atoms with Gasteiger partial charge in [0.15, 0.2) is 0 Å². The van der Waals surface area contributed by atoms with E-state index in [2.05, 4.69) is 18.4 Å². The molecule has 0 aromatic heterocycles. The largest absolute Gasteiger partial charge is 0.285 e. The summed E-state index contributed by atoms with van der Waals surface area (Å²) < 4.78 is 0. The fourth-order valence-electron chi connectivity index (χ4n) is 1.85. The highest BCUT2D eigenvalue weighted by Crippen LogP contribution is 2.03. The second-order valence-corrected chi connectivity index (χ2v) is 4.45. The van der Waals surface area contributed by atoms with Crippen LogP contribution in [0.15, 0.2) is 24.3 Å². The number of unbranched alkanes of at least 4 members (excludes halogenated alkanes) is 3. The summed E-state index contributed by atoms with van der Waals surface area (Å²) in [5.74, 6) is -0.0230. The molecule has 3 heteroatoms. The molecule has 96 valence electrons. The lowest BCUT2D eigenvalue weighted by Gasteiger charge is -2.14. The molecule has 3 nitrogen and oxygen atoms in total. The van der Waals surface area contributed by atoms with Gasteiger partial charge in [0, 0.05) is 19.2 Å². The minimum Gasteiger partial charge on any atom is -0.285 e. The number of amides is 1. The zero-order valence-electron chi connectivity index (χ0n) is 10.8. The van der Waals surface area contributed by atoms with Gasteiger partial charge in [0.2, 0.25) is 0 Å². The van der Waals surface area contributed by atoms with Gasteiger partial charge in [-0.25, -0.2) is 5.01 Å². The van der Waals surface area contributed by atoms with Crippen molar-refractivity contribution in [1.29, 1.82) is 0 Å².